The van der Waals surface area contributed by atoms with Crippen LogP contribution in [0.4, 0.5) is 0 Å². The van der Waals surface area contributed by atoms with Crippen LogP contribution in [0, 0.1) is 22.7 Å². The van der Waals surface area contributed by atoms with Crippen molar-refractivity contribution < 1.29 is 8.42 Å². The van der Waals surface area contributed by atoms with Crippen molar-refractivity contribution in [3.63, 3.8) is 0 Å². The van der Waals surface area contributed by atoms with Gasteiger partial charge in [-0.25, -0.2) is 13.1 Å². The molecule has 0 aliphatic heterocycles. The van der Waals surface area contributed by atoms with Crippen LogP contribution in [0.5, 0.6) is 0 Å². The topological polar surface area (TPSA) is 93.8 Å². The maximum Gasteiger partial charge on any atom is 0.228 e. The molecule has 0 heterocycles. The van der Waals surface area contributed by atoms with E-state index in [0.29, 0.717) is 6.42 Å². The van der Waals surface area contributed by atoms with E-state index in [0.717, 1.165) is 19.3 Å². The molecule has 20 heavy (non-hydrogen) atoms. The van der Waals surface area contributed by atoms with Crippen molar-refractivity contribution in [3.8, 4) is 12.1 Å². The number of nitrogens with one attached hydrogen (secondary N) is 1. The standard InChI is InChI=1S/C14H25N3O2S/c1-2-3-4-5-6-7-8-10-14(13-16)20(18,19)17-12-9-11-15/h14,17H,2-10,12H2,1H3. The zero-order valence-corrected chi connectivity index (χ0v) is 13.1. The summed E-state index contributed by atoms with van der Waals surface area (Å²) in [6.07, 6.45) is 8.17. The monoisotopic (exact) mass is 299 g/mol. The quantitative estimate of drug-likeness (QED) is 0.561. The van der Waals surface area contributed by atoms with Crippen molar-refractivity contribution in [2.75, 3.05) is 6.54 Å². The molecule has 114 valence electrons. The molecule has 5 nitrogen and oxygen atoms in total. The molecule has 0 aromatic carbocycles. The molecule has 0 saturated heterocycles. The molecule has 6 heteroatoms. The van der Waals surface area contributed by atoms with Gasteiger partial charge < -0.3 is 0 Å². The normalized spacial score (nSPS) is 12.6. The highest BCUT2D eigenvalue weighted by Crippen LogP contribution is 2.13. The second-order valence-corrected chi connectivity index (χ2v) is 6.82. The Balaban J connectivity index is 3.92. The Morgan fingerprint density at radius 3 is 2.20 bits per heavy atom. The van der Waals surface area contributed by atoms with E-state index in [1.54, 1.807) is 0 Å². The van der Waals surface area contributed by atoms with Crippen molar-refractivity contribution in [2.45, 2.75) is 70.0 Å². The summed E-state index contributed by atoms with van der Waals surface area (Å²) in [4.78, 5) is 0. The van der Waals surface area contributed by atoms with Crippen LogP contribution in [0.3, 0.4) is 0 Å². The minimum atomic E-state index is -3.61. The maximum atomic E-state index is 11.8. The molecular formula is C14H25N3O2S. The number of nitriles is 2. The maximum absolute atomic E-state index is 11.8. The molecule has 0 aliphatic rings. The summed E-state index contributed by atoms with van der Waals surface area (Å²) in [5.41, 5.74) is 0. The van der Waals surface area contributed by atoms with Gasteiger partial charge in [0.05, 0.1) is 12.1 Å². The van der Waals surface area contributed by atoms with E-state index in [4.69, 9.17) is 10.5 Å². The lowest BCUT2D eigenvalue weighted by molar-refractivity contribution is 0.552. The fourth-order valence-corrected chi connectivity index (χ4v) is 3.13. The van der Waals surface area contributed by atoms with Crippen molar-refractivity contribution in [1.82, 2.24) is 4.72 Å². The Hall–Kier alpha value is -1.11. The average Bonchev–Trinajstić information content (AvgIpc) is 2.42. The molecule has 0 rings (SSSR count). The van der Waals surface area contributed by atoms with Crippen molar-refractivity contribution in [1.29, 1.82) is 10.5 Å². The first-order chi connectivity index (χ1) is 9.58. The molecule has 1 N–H and O–H groups in total. The van der Waals surface area contributed by atoms with Crippen LogP contribution in [0.2, 0.25) is 0 Å². The minimum Gasteiger partial charge on any atom is -0.213 e. The van der Waals surface area contributed by atoms with Gasteiger partial charge in [-0.2, -0.15) is 10.5 Å². The number of hydrogen-bond acceptors (Lipinski definition) is 4. The van der Waals surface area contributed by atoms with Gasteiger partial charge in [0.25, 0.3) is 0 Å². The lowest BCUT2D eigenvalue weighted by Gasteiger charge is -2.11. The molecule has 0 spiro atoms. The molecule has 0 fully saturated rings. The minimum absolute atomic E-state index is 0.0774. The predicted octanol–water partition coefficient (Wildman–Crippen LogP) is 2.85. The van der Waals surface area contributed by atoms with Gasteiger partial charge in [-0.3, -0.25) is 0 Å². The molecule has 0 aromatic heterocycles. The second-order valence-electron chi connectivity index (χ2n) is 4.88. The predicted molar refractivity (Wildman–Crippen MR) is 79.2 cm³/mol. The third-order valence-corrected chi connectivity index (χ3v) is 4.83. The van der Waals surface area contributed by atoms with Crippen molar-refractivity contribution in [3.05, 3.63) is 0 Å². The first kappa shape index (κ1) is 18.9. The molecule has 1 unspecified atom stereocenters. The van der Waals surface area contributed by atoms with Crippen LogP contribution >= 0.6 is 0 Å². The highest BCUT2D eigenvalue weighted by atomic mass is 32.2. The molecule has 0 saturated carbocycles. The summed E-state index contributed by atoms with van der Waals surface area (Å²) in [5.74, 6) is 0. The molecule has 0 aromatic rings. The first-order valence-corrected chi connectivity index (χ1v) is 8.88. The Kier molecular flexibility index (Phi) is 11.0. The van der Waals surface area contributed by atoms with E-state index in [-0.39, 0.29) is 13.0 Å². The molecule has 1 atom stereocenters. The molecule has 0 radical (unpaired) electrons. The van der Waals surface area contributed by atoms with Gasteiger partial charge in [-0.05, 0) is 6.42 Å². The number of sulfonamides is 1. The summed E-state index contributed by atoms with van der Waals surface area (Å²) < 4.78 is 25.9. The van der Waals surface area contributed by atoms with Gasteiger partial charge >= 0.3 is 0 Å². The van der Waals surface area contributed by atoms with Crippen LogP contribution in [-0.4, -0.2) is 20.2 Å². The van der Waals surface area contributed by atoms with E-state index in [1.807, 2.05) is 12.1 Å². The summed E-state index contributed by atoms with van der Waals surface area (Å²) >= 11 is 0. The third kappa shape index (κ3) is 8.90. The third-order valence-electron chi connectivity index (χ3n) is 3.13. The molecule has 0 aliphatic carbocycles. The average molecular weight is 299 g/mol. The van der Waals surface area contributed by atoms with Gasteiger partial charge in [0.15, 0.2) is 5.25 Å². The van der Waals surface area contributed by atoms with Crippen LogP contribution < -0.4 is 4.72 Å². The Morgan fingerprint density at radius 2 is 1.65 bits per heavy atom. The largest absolute Gasteiger partial charge is 0.228 e. The van der Waals surface area contributed by atoms with E-state index < -0.39 is 15.3 Å². The van der Waals surface area contributed by atoms with Gasteiger partial charge in [-0.15, -0.1) is 0 Å². The van der Waals surface area contributed by atoms with Crippen LogP contribution in [0.15, 0.2) is 0 Å². The van der Waals surface area contributed by atoms with E-state index in [9.17, 15) is 8.42 Å². The lowest BCUT2D eigenvalue weighted by atomic mass is 10.1. The van der Waals surface area contributed by atoms with Crippen LogP contribution in [0.25, 0.3) is 0 Å². The van der Waals surface area contributed by atoms with Crippen LogP contribution in [-0.2, 0) is 10.0 Å². The van der Waals surface area contributed by atoms with Crippen LogP contribution in [0.1, 0.15) is 64.7 Å². The highest BCUT2D eigenvalue weighted by Gasteiger charge is 2.23. The first-order valence-electron chi connectivity index (χ1n) is 7.33. The second kappa shape index (κ2) is 11.7. The number of hydrogen-bond donors (Lipinski definition) is 1. The van der Waals surface area contributed by atoms with Gasteiger partial charge in [0.2, 0.25) is 10.0 Å². The summed E-state index contributed by atoms with van der Waals surface area (Å²) in [6.45, 7) is 2.25. The van der Waals surface area contributed by atoms with Gasteiger partial charge in [0, 0.05) is 13.0 Å². The Morgan fingerprint density at radius 1 is 1.05 bits per heavy atom. The fourth-order valence-electron chi connectivity index (χ4n) is 1.93. The smallest absolute Gasteiger partial charge is 0.213 e. The van der Waals surface area contributed by atoms with E-state index >= 15 is 0 Å². The Bertz CT molecular complexity index is 421. The summed E-state index contributed by atoms with van der Waals surface area (Å²) in [7, 11) is -3.61. The summed E-state index contributed by atoms with van der Waals surface area (Å²) in [5, 5.41) is 16.3. The van der Waals surface area contributed by atoms with Gasteiger partial charge in [0.1, 0.15) is 0 Å². The molecule has 0 bridgehead atoms. The number of unbranched alkanes of at least 4 members (excludes halogenated alkanes) is 6. The Labute approximate surface area is 123 Å². The zero-order chi connectivity index (χ0) is 15.3. The zero-order valence-electron chi connectivity index (χ0n) is 12.3. The molecular weight excluding hydrogens is 274 g/mol. The number of rotatable bonds is 12. The highest BCUT2D eigenvalue weighted by molar-refractivity contribution is 7.90. The number of nitrogens with zero attached hydrogens (tertiary/aromatic N) is 2. The SMILES string of the molecule is CCCCCCCCCC(C#N)S(=O)(=O)NCCC#N. The molecule has 0 amide bonds. The van der Waals surface area contributed by atoms with Gasteiger partial charge in [-0.1, -0.05) is 51.9 Å². The van der Waals surface area contributed by atoms with E-state index in [1.165, 1.54) is 25.7 Å². The summed E-state index contributed by atoms with van der Waals surface area (Å²) in [6, 6.07) is 3.71. The van der Waals surface area contributed by atoms with Crippen molar-refractivity contribution >= 4 is 10.0 Å². The fraction of sp³-hybridized carbons (Fsp3) is 0.857. The van der Waals surface area contributed by atoms with E-state index in [2.05, 4.69) is 11.6 Å². The van der Waals surface area contributed by atoms with Crippen molar-refractivity contribution in [2.24, 2.45) is 0 Å². The lowest BCUT2D eigenvalue weighted by Crippen LogP contribution is -2.34.